The highest BCUT2D eigenvalue weighted by Crippen LogP contribution is 2.28. The highest BCUT2D eigenvalue weighted by Gasteiger charge is 2.06. The molecule has 0 fully saturated rings. The second-order valence-electron chi connectivity index (χ2n) is 2.79. The van der Waals surface area contributed by atoms with Gasteiger partial charge in [0.1, 0.15) is 10.4 Å². The van der Waals surface area contributed by atoms with Gasteiger partial charge in [0.15, 0.2) is 0 Å². The second-order valence-corrected chi connectivity index (χ2v) is 4.42. The third kappa shape index (κ3) is 2.56. The normalized spacial score (nSPS) is 10.1. The van der Waals surface area contributed by atoms with Crippen LogP contribution in [0.25, 0.3) is 0 Å². The van der Waals surface area contributed by atoms with Crippen LogP contribution in [-0.4, -0.2) is 9.91 Å². The monoisotopic (exact) mass is 300 g/mol. The molecule has 7 heteroatoms. The summed E-state index contributed by atoms with van der Waals surface area (Å²) in [5.41, 5.74) is 0.0349. The smallest absolute Gasteiger partial charge is 0.279 e. The molecule has 1 aromatic heterocycles. The number of ether oxygens (including phenoxy) is 1. The summed E-state index contributed by atoms with van der Waals surface area (Å²) >= 11 is 4.55. The van der Waals surface area contributed by atoms with E-state index in [0.29, 0.717) is 15.5 Å². The van der Waals surface area contributed by atoms with E-state index >= 15 is 0 Å². The number of hydrogen-bond donors (Lipinski definition) is 0. The number of rotatable bonds is 3. The van der Waals surface area contributed by atoms with Gasteiger partial charge in [-0.05, 0) is 28.1 Å². The van der Waals surface area contributed by atoms with Crippen molar-refractivity contribution in [2.24, 2.45) is 0 Å². The van der Waals surface area contributed by atoms with E-state index in [2.05, 4.69) is 20.9 Å². The number of hydrogen-bond acceptors (Lipinski definition) is 5. The predicted octanol–water partition coefficient (Wildman–Crippen LogP) is 3.61. The van der Waals surface area contributed by atoms with Gasteiger partial charge in [-0.1, -0.05) is 11.3 Å². The van der Waals surface area contributed by atoms with Gasteiger partial charge >= 0.3 is 0 Å². The first kappa shape index (κ1) is 11.0. The predicted molar refractivity (Wildman–Crippen MR) is 63.0 cm³/mol. The molecule has 2 aromatic rings. The summed E-state index contributed by atoms with van der Waals surface area (Å²) in [7, 11) is 0. The summed E-state index contributed by atoms with van der Waals surface area (Å²) in [5, 5.41) is 12.7. The Labute approximate surface area is 103 Å². The Morgan fingerprint density at radius 3 is 2.56 bits per heavy atom. The van der Waals surface area contributed by atoms with Crippen molar-refractivity contribution in [3.8, 4) is 10.9 Å². The molecule has 0 saturated heterocycles. The Hall–Kier alpha value is -1.47. The zero-order valence-corrected chi connectivity index (χ0v) is 10.2. The SMILES string of the molecule is O=[N+]([O-])c1ccc(Oc2nc(Br)cs2)cc1. The number of halogens is 1. The van der Waals surface area contributed by atoms with Crippen LogP contribution in [-0.2, 0) is 0 Å². The van der Waals surface area contributed by atoms with Crippen LogP contribution in [0.15, 0.2) is 34.2 Å². The van der Waals surface area contributed by atoms with Gasteiger partial charge in [-0.3, -0.25) is 10.1 Å². The van der Waals surface area contributed by atoms with Gasteiger partial charge < -0.3 is 4.74 Å². The van der Waals surface area contributed by atoms with Crippen LogP contribution >= 0.6 is 27.3 Å². The molecule has 1 heterocycles. The van der Waals surface area contributed by atoms with Gasteiger partial charge in [0.25, 0.3) is 10.9 Å². The highest BCUT2D eigenvalue weighted by molar-refractivity contribution is 9.10. The van der Waals surface area contributed by atoms with Crippen LogP contribution in [0.4, 0.5) is 5.69 Å². The van der Waals surface area contributed by atoms with Gasteiger partial charge in [-0.25, -0.2) is 0 Å². The van der Waals surface area contributed by atoms with Crippen molar-refractivity contribution in [3.05, 3.63) is 44.4 Å². The van der Waals surface area contributed by atoms with E-state index in [-0.39, 0.29) is 5.69 Å². The summed E-state index contributed by atoms with van der Waals surface area (Å²) in [6.45, 7) is 0. The van der Waals surface area contributed by atoms with E-state index in [0.717, 1.165) is 0 Å². The van der Waals surface area contributed by atoms with Gasteiger partial charge in [0.2, 0.25) is 0 Å². The zero-order valence-electron chi connectivity index (χ0n) is 7.79. The Morgan fingerprint density at radius 1 is 1.38 bits per heavy atom. The lowest BCUT2D eigenvalue weighted by molar-refractivity contribution is -0.384. The molecule has 0 aliphatic carbocycles. The van der Waals surface area contributed by atoms with E-state index in [1.165, 1.54) is 35.6 Å². The molecule has 0 aliphatic rings. The molecule has 5 nitrogen and oxygen atoms in total. The molecule has 0 aliphatic heterocycles. The first-order chi connectivity index (χ1) is 7.65. The minimum Gasteiger partial charge on any atom is -0.431 e. The molecule has 0 amide bonds. The largest absolute Gasteiger partial charge is 0.431 e. The van der Waals surface area contributed by atoms with Crippen molar-refractivity contribution < 1.29 is 9.66 Å². The first-order valence-corrected chi connectivity index (χ1v) is 5.86. The Kier molecular flexibility index (Phi) is 3.16. The fraction of sp³-hybridized carbons (Fsp3) is 0. The third-order valence-electron chi connectivity index (χ3n) is 1.71. The maximum Gasteiger partial charge on any atom is 0.279 e. The number of nitro benzene ring substituents is 1. The van der Waals surface area contributed by atoms with E-state index < -0.39 is 4.92 Å². The van der Waals surface area contributed by atoms with Crippen LogP contribution in [0.3, 0.4) is 0 Å². The summed E-state index contributed by atoms with van der Waals surface area (Å²) in [5.74, 6) is 0.521. The number of thiazole rings is 1. The maximum atomic E-state index is 10.4. The third-order valence-corrected chi connectivity index (χ3v) is 3.13. The van der Waals surface area contributed by atoms with Crippen LogP contribution in [0, 0.1) is 10.1 Å². The molecule has 2 rings (SSSR count). The van der Waals surface area contributed by atoms with Crippen LogP contribution in [0.1, 0.15) is 0 Å². The minimum atomic E-state index is -0.455. The van der Waals surface area contributed by atoms with Crippen molar-refractivity contribution in [1.29, 1.82) is 0 Å². The molecule has 0 radical (unpaired) electrons. The molecular formula is C9H5BrN2O3S. The number of non-ortho nitro benzene ring substituents is 1. The molecule has 82 valence electrons. The van der Waals surface area contributed by atoms with Gasteiger partial charge in [-0.15, -0.1) is 0 Å². The van der Waals surface area contributed by atoms with E-state index in [1.54, 1.807) is 5.38 Å². The average molecular weight is 301 g/mol. The van der Waals surface area contributed by atoms with Gasteiger partial charge in [0.05, 0.1) is 4.92 Å². The average Bonchev–Trinajstić information content (AvgIpc) is 2.65. The number of benzene rings is 1. The lowest BCUT2D eigenvalue weighted by Crippen LogP contribution is -1.88. The summed E-state index contributed by atoms with van der Waals surface area (Å²) in [6.07, 6.45) is 0. The standard InChI is InChI=1S/C9H5BrN2O3S/c10-8-5-16-9(11-8)15-7-3-1-6(2-4-7)12(13)14/h1-5H. The van der Waals surface area contributed by atoms with Gasteiger partial charge in [-0.2, -0.15) is 4.98 Å². The van der Waals surface area contributed by atoms with Crippen molar-refractivity contribution in [2.75, 3.05) is 0 Å². The van der Waals surface area contributed by atoms with Crippen LogP contribution in [0.5, 0.6) is 10.9 Å². The molecule has 0 spiro atoms. The number of aromatic nitrogens is 1. The number of nitro groups is 1. The molecular weight excluding hydrogens is 296 g/mol. The lowest BCUT2D eigenvalue weighted by Gasteiger charge is -1.99. The minimum absolute atomic E-state index is 0.0349. The second kappa shape index (κ2) is 4.58. The van der Waals surface area contributed by atoms with E-state index in [1.807, 2.05) is 0 Å². The molecule has 0 saturated carbocycles. The van der Waals surface area contributed by atoms with Gasteiger partial charge in [0, 0.05) is 17.5 Å². The van der Waals surface area contributed by atoms with Crippen LogP contribution in [0.2, 0.25) is 0 Å². The number of nitrogens with zero attached hydrogens (tertiary/aromatic N) is 2. The van der Waals surface area contributed by atoms with Crippen LogP contribution < -0.4 is 4.74 Å². The molecule has 0 bridgehead atoms. The molecule has 0 atom stereocenters. The Bertz CT molecular complexity index is 512. The molecule has 16 heavy (non-hydrogen) atoms. The molecule has 0 unspecified atom stereocenters. The Morgan fingerprint density at radius 2 is 2.06 bits per heavy atom. The summed E-state index contributed by atoms with van der Waals surface area (Å²) in [6, 6.07) is 5.84. The molecule has 0 N–H and O–H groups in total. The van der Waals surface area contributed by atoms with E-state index in [4.69, 9.17) is 4.74 Å². The van der Waals surface area contributed by atoms with Crippen molar-refractivity contribution in [3.63, 3.8) is 0 Å². The van der Waals surface area contributed by atoms with Crippen molar-refractivity contribution in [1.82, 2.24) is 4.98 Å². The van der Waals surface area contributed by atoms with E-state index in [9.17, 15) is 10.1 Å². The molecule has 1 aromatic carbocycles. The summed E-state index contributed by atoms with van der Waals surface area (Å²) in [4.78, 5) is 14.0. The fourth-order valence-electron chi connectivity index (χ4n) is 1.02. The first-order valence-electron chi connectivity index (χ1n) is 4.18. The summed E-state index contributed by atoms with van der Waals surface area (Å²) < 4.78 is 6.09. The lowest BCUT2D eigenvalue weighted by atomic mass is 10.3. The maximum absolute atomic E-state index is 10.4. The van der Waals surface area contributed by atoms with Crippen molar-refractivity contribution >= 4 is 33.0 Å². The quantitative estimate of drug-likeness (QED) is 0.641. The Balaban J connectivity index is 2.14. The fourth-order valence-corrected chi connectivity index (χ4v) is 2.13. The highest BCUT2D eigenvalue weighted by atomic mass is 79.9. The zero-order chi connectivity index (χ0) is 11.5. The van der Waals surface area contributed by atoms with Crippen molar-refractivity contribution in [2.45, 2.75) is 0 Å². The topological polar surface area (TPSA) is 65.3 Å².